The molecule has 20 heavy (non-hydrogen) atoms. The Kier molecular flexibility index (Phi) is 2.53. The van der Waals surface area contributed by atoms with Crippen LogP contribution in [0.4, 0.5) is 0 Å². The zero-order chi connectivity index (χ0) is 13.5. The molecular weight excluding hydrogens is 252 g/mol. The fourth-order valence-corrected chi connectivity index (χ4v) is 2.36. The number of nitrogens with zero attached hydrogens (tertiary/aromatic N) is 3. The van der Waals surface area contributed by atoms with Crippen LogP contribution in [0.15, 0.2) is 41.1 Å². The van der Waals surface area contributed by atoms with Gasteiger partial charge in [0.25, 0.3) is 5.89 Å². The molecule has 1 saturated carbocycles. The van der Waals surface area contributed by atoms with Crippen molar-refractivity contribution in [3.63, 3.8) is 0 Å². The minimum absolute atomic E-state index is 0.102. The van der Waals surface area contributed by atoms with Gasteiger partial charge in [-0.25, -0.2) is 0 Å². The van der Waals surface area contributed by atoms with Crippen molar-refractivity contribution in [2.75, 3.05) is 0 Å². The van der Waals surface area contributed by atoms with Gasteiger partial charge in [-0.3, -0.25) is 4.98 Å². The minimum Gasteiger partial charge on any atom is -0.334 e. The Hall–Kier alpha value is -2.27. The molecule has 100 valence electrons. The Morgan fingerprint density at radius 2 is 2.15 bits per heavy atom. The zero-order valence-electron chi connectivity index (χ0n) is 10.9. The summed E-state index contributed by atoms with van der Waals surface area (Å²) in [6.07, 6.45) is 4.10. The number of pyridine rings is 1. The number of aromatic nitrogens is 3. The molecule has 0 bridgehead atoms. The fraction of sp³-hybridized carbons (Fsp3) is 0.267. The maximum atomic E-state index is 6.09. The van der Waals surface area contributed by atoms with Crippen molar-refractivity contribution in [2.45, 2.75) is 18.9 Å². The topological polar surface area (TPSA) is 77.8 Å². The lowest BCUT2D eigenvalue weighted by Crippen LogP contribution is -2.13. The Morgan fingerprint density at radius 3 is 3.00 bits per heavy atom. The third-order valence-electron chi connectivity index (χ3n) is 3.72. The highest BCUT2D eigenvalue weighted by molar-refractivity contribution is 5.82. The predicted octanol–water partition coefficient (Wildman–Crippen LogP) is 2.69. The van der Waals surface area contributed by atoms with E-state index in [4.69, 9.17) is 10.3 Å². The second-order valence-corrected chi connectivity index (χ2v) is 5.23. The molecule has 1 aromatic carbocycles. The number of benzene rings is 1. The third kappa shape index (κ3) is 1.96. The van der Waals surface area contributed by atoms with Gasteiger partial charge in [0.2, 0.25) is 0 Å². The SMILES string of the molecule is NC(c1noc(-c2ccc3ncccc3c2)n1)C1CC1. The number of rotatable bonds is 3. The molecule has 5 nitrogen and oxygen atoms in total. The second kappa shape index (κ2) is 4.38. The van der Waals surface area contributed by atoms with Gasteiger partial charge in [0.1, 0.15) is 0 Å². The van der Waals surface area contributed by atoms with E-state index in [1.807, 2.05) is 30.3 Å². The average molecular weight is 266 g/mol. The number of hydrogen-bond acceptors (Lipinski definition) is 5. The molecule has 0 saturated heterocycles. The lowest BCUT2D eigenvalue weighted by Gasteiger charge is -2.02. The summed E-state index contributed by atoms with van der Waals surface area (Å²) >= 11 is 0. The first kappa shape index (κ1) is 11.5. The molecule has 5 heteroatoms. The third-order valence-corrected chi connectivity index (χ3v) is 3.72. The lowest BCUT2D eigenvalue weighted by molar-refractivity contribution is 0.411. The van der Waals surface area contributed by atoms with Gasteiger partial charge in [0.05, 0.1) is 11.6 Å². The lowest BCUT2D eigenvalue weighted by atomic mass is 10.1. The largest absolute Gasteiger partial charge is 0.334 e. The van der Waals surface area contributed by atoms with E-state index in [2.05, 4.69) is 15.1 Å². The van der Waals surface area contributed by atoms with Crippen LogP contribution in [0.5, 0.6) is 0 Å². The molecule has 1 fully saturated rings. The van der Waals surface area contributed by atoms with Crippen LogP contribution < -0.4 is 5.73 Å². The minimum atomic E-state index is -0.102. The van der Waals surface area contributed by atoms with Crippen LogP contribution in [0.25, 0.3) is 22.4 Å². The summed E-state index contributed by atoms with van der Waals surface area (Å²) < 4.78 is 5.34. The van der Waals surface area contributed by atoms with Crippen LogP contribution in [0.2, 0.25) is 0 Å². The zero-order valence-corrected chi connectivity index (χ0v) is 10.9. The molecule has 1 atom stereocenters. The van der Waals surface area contributed by atoms with Crippen LogP contribution in [0, 0.1) is 5.92 Å². The van der Waals surface area contributed by atoms with E-state index >= 15 is 0 Å². The summed E-state index contributed by atoms with van der Waals surface area (Å²) in [6.45, 7) is 0. The fourth-order valence-electron chi connectivity index (χ4n) is 2.36. The normalized spacial score (nSPS) is 16.4. The van der Waals surface area contributed by atoms with Crippen LogP contribution in [0.3, 0.4) is 0 Å². The van der Waals surface area contributed by atoms with Crippen LogP contribution in [-0.4, -0.2) is 15.1 Å². The van der Waals surface area contributed by atoms with Gasteiger partial charge in [-0.05, 0) is 43.0 Å². The van der Waals surface area contributed by atoms with Gasteiger partial charge < -0.3 is 10.3 Å². The maximum absolute atomic E-state index is 6.09. The van der Waals surface area contributed by atoms with Gasteiger partial charge in [-0.1, -0.05) is 11.2 Å². The number of fused-ring (bicyclic) bond motifs is 1. The van der Waals surface area contributed by atoms with E-state index in [1.165, 1.54) is 0 Å². The molecule has 1 aliphatic carbocycles. The van der Waals surface area contributed by atoms with Crippen molar-refractivity contribution >= 4 is 10.9 Å². The average Bonchev–Trinajstić information content (AvgIpc) is 3.23. The van der Waals surface area contributed by atoms with E-state index in [9.17, 15) is 0 Å². The predicted molar refractivity (Wildman–Crippen MR) is 74.7 cm³/mol. The standard InChI is InChI=1S/C15H14N4O/c16-13(9-3-4-9)14-18-15(20-19-14)11-5-6-12-10(8-11)2-1-7-17-12/h1-2,5-9,13H,3-4,16H2. The first-order valence-electron chi connectivity index (χ1n) is 6.75. The summed E-state index contributed by atoms with van der Waals surface area (Å²) in [6, 6.07) is 9.72. The van der Waals surface area contributed by atoms with E-state index in [1.54, 1.807) is 6.20 Å². The van der Waals surface area contributed by atoms with E-state index < -0.39 is 0 Å². The quantitative estimate of drug-likeness (QED) is 0.788. The molecule has 0 amide bonds. The van der Waals surface area contributed by atoms with E-state index in [-0.39, 0.29) is 6.04 Å². The maximum Gasteiger partial charge on any atom is 0.258 e. The van der Waals surface area contributed by atoms with E-state index in [0.29, 0.717) is 17.6 Å². The molecule has 2 heterocycles. The molecule has 2 N–H and O–H groups in total. The van der Waals surface area contributed by atoms with Gasteiger partial charge in [0.15, 0.2) is 5.82 Å². The highest BCUT2D eigenvalue weighted by Gasteiger charge is 2.32. The Labute approximate surface area is 115 Å². The molecule has 0 radical (unpaired) electrons. The van der Waals surface area contributed by atoms with Gasteiger partial charge >= 0.3 is 0 Å². The molecule has 1 aliphatic rings. The molecule has 4 rings (SSSR count). The van der Waals surface area contributed by atoms with Gasteiger partial charge in [-0.2, -0.15) is 4.98 Å². The number of nitrogens with two attached hydrogens (primary N) is 1. The molecular formula is C15H14N4O. The van der Waals surface area contributed by atoms with Crippen LogP contribution in [0.1, 0.15) is 24.7 Å². The van der Waals surface area contributed by atoms with Gasteiger partial charge in [0, 0.05) is 17.1 Å². The molecule has 0 aliphatic heterocycles. The van der Waals surface area contributed by atoms with Crippen molar-refractivity contribution in [1.82, 2.24) is 15.1 Å². The first-order chi connectivity index (χ1) is 9.81. The molecule has 0 spiro atoms. The van der Waals surface area contributed by atoms with Crippen LogP contribution >= 0.6 is 0 Å². The smallest absolute Gasteiger partial charge is 0.258 e. The Balaban J connectivity index is 1.71. The summed E-state index contributed by atoms with van der Waals surface area (Å²) in [7, 11) is 0. The van der Waals surface area contributed by atoms with E-state index in [0.717, 1.165) is 29.3 Å². The second-order valence-electron chi connectivity index (χ2n) is 5.23. The Bertz CT molecular complexity index is 763. The van der Waals surface area contributed by atoms with Crippen molar-refractivity contribution < 1.29 is 4.52 Å². The monoisotopic (exact) mass is 266 g/mol. The van der Waals surface area contributed by atoms with Crippen molar-refractivity contribution in [3.05, 3.63) is 42.4 Å². The molecule has 3 aromatic rings. The number of hydrogen-bond donors (Lipinski definition) is 1. The first-order valence-corrected chi connectivity index (χ1v) is 6.75. The van der Waals surface area contributed by atoms with Crippen molar-refractivity contribution in [2.24, 2.45) is 11.7 Å². The summed E-state index contributed by atoms with van der Waals surface area (Å²) in [5.74, 6) is 1.64. The molecule has 2 aromatic heterocycles. The van der Waals surface area contributed by atoms with Crippen molar-refractivity contribution in [3.8, 4) is 11.5 Å². The van der Waals surface area contributed by atoms with Crippen molar-refractivity contribution in [1.29, 1.82) is 0 Å². The summed E-state index contributed by atoms with van der Waals surface area (Å²) in [5.41, 5.74) is 7.93. The highest BCUT2D eigenvalue weighted by Crippen LogP contribution is 2.38. The van der Waals surface area contributed by atoms with Gasteiger partial charge in [-0.15, -0.1) is 0 Å². The summed E-state index contributed by atoms with van der Waals surface area (Å²) in [5, 5.41) is 5.06. The summed E-state index contributed by atoms with van der Waals surface area (Å²) in [4.78, 5) is 8.72. The highest BCUT2D eigenvalue weighted by atomic mass is 16.5. The Morgan fingerprint density at radius 1 is 1.25 bits per heavy atom. The van der Waals surface area contributed by atoms with Crippen LogP contribution in [-0.2, 0) is 0 Å². The molecule has 1 unspecified atom stereocenters.